The molecule has 146 valence electrons. The summed E-state index contributed by atoms with van der Waals surface area (Å²) in [5.41, 5.74) is 10.5. The fourth-order valence-electron chi connectivity index (χ4n) is 4.14. The smallest absolute Gasteiger partial charge is 0.203 e. The highest BCUT2D eigenvalue weighted by Crippen LogP contribution is 2.51. The first-order valence-electron chi connectivity index (χ1n) is 9.67. The molecule has 2 aromatic heterocycles. The lowest BCUT2D eigenvalue weighted by atomic mass is 10.1. The summed E-state index contributed by atoms with van der Waals surface area (Å²) >= 11 is 0. The van der Waals surface area contributed by atoms with Gasteiger partial charge >= 0.3 is 0 Å². The summed E-state index contributed by atoms with van der Waals surface area (Å²) in [6.45, 7) is 5.64. The van der Waals surface area contributed by atoms with Gasteiger partial charge in [-0.05, 0) is 44.4 Å². The number of ether oxygens (including phenoxy) is 2. The molecule has 1 aliphatic carbocycles. The number of nitrogens with zero attached hydrogens (tertiary/aromatic N) is 4. The summed E-state index contributed by atoms with van der Waals surface area (Å²) < 4.78 is 13.9. The number of rotatable bonds is 4. The molecule has 3 heterocycles. The molecule has 1 fully saturated rings. The molecule has 0 amide bonds. The maximum atomic E-state index is 6.46. The highest BCUT2D eigenvalue weighted by Gasteiger charge is 2.45. The van der Waals surface area contributed by atoms with E-state index in [0.717, 1.165) is 46.6 Å². The van der Waals surface area contributed by atoms with Crippen LogP contribution in [0.5, 0.6) is 5.88 Å². The number of nitrogen functional groups attached to an aromatic ring is 1. The standard InChI is InChI=1S/C21H25N5O2/c1-13-25(15-6-4-14(5-7-15)11-27-3)10-16-17-18(22)23-12-24-19(17)26(20(16)28-13)21(2)8-9-21/h4-7,12-13H,8-11H2,1-3H3,(H2,22,23,24). The average molecular weight is 379 g/mol. The molecule has 0 bridgehead atoms. The van der Waals surface area contributed by atoms with Gasteiger partial charge in [-0.1, -0.05) is 12.1 Å². The van der Waals surface area contributed by atoms with Crippen LogP contribution in [0.1, 0.15) is 37.8 Å². The van der Waals surface area contributed by atoms with Crippen LogP contribution in [-0.2, 0) is 23.4 Å². The zero-order valence-corrected chi connectivity index (χ0v) is 16.5. The Kier molecular flexibility index (Phi) is 3.77. The van der Waals surface area contributed by atoms with Gasteiger partial charge in [-0.15, -0.1) is 0 Å². The summed E-state index contributed by atoms with van der Waals surface area (Å²) in [5, 5.41) is 0.915. The Morgan fingerprint density at radius 3 is 2.68 bits per heavy atom. The van der Waals surface area contributed by atoms with Crippen LogP contribution in [0, 0.1) is 0 Å². The predicted molar refractivity (Wildman–Crippen MR) is 108 cm³/mol. The van der Waals surface area contributed by atoms with Gasteiger partial charge < -0.3 is 20.1 Å². The van der Waals surface area contributed by atoms with Crippen LogP contribution < -0.4 is 15.4 Å². The second-order valence-electron chi connectivity index (χ2n) is 8.02. The predicted octanol–water partition coefficient (Wildman–Crippen LogP) is 3.41. The van der Waals surface area contributed by atoms with Crippen LogP contribution in [0.25, 0.3) is 11.0 Å². The van der Waals surface area contributed by atoms with Gasteiger partial charge in [0.15, 0.2) is 6.23 Å². The summed E-state index contributed by atoms with van der Waals surface area (Å²) in [6.07, 6.45) is 3.69. The first kappa shape index (κ1) is 17.3. The monoisotopic (exact) mass is 379 g/mol. The number of aromatic nitrogens is 3. The van der Waals surface area contributed by atoms with Crippen molar-refractivity contribution in [3.8, 4) is 5.88 Å². The summed E-state index contributed by atoms with van der Waals surface area (Å²) in [4.78, 5) is 11.1. The van der Waals surface area contributed by atoms with Crippen LogP contribution >= 0.6 is 0 Å². The molecule has 1 atom stereocenters. The van der Waals surface area contributed by atoms with Crippen molar-refractivity contribution < 1.29 is 9.47 Å². The van der Waals surface area contributed by atoms with Crippen molar-refractivity contribution >= 4 is 22.5 Å². The van der Waals surface area contributed by atoms with E-state index in [9.17, 15) is 0 Å². The summed E-state index contributed by atoms with van der Waals surface area (Å²) in [5.74, 6) is 1.40. The quantitative estimate of drug-likeness (QED) is 0.748. The number of hydrogen-bond donors (Lipinski definition) is 1. The van der Waals surface area contributed by atoms with E-state index in [2.05, 4.69) is 57.5 Å². The number of benzene rings is 1. The van der Waals surface area contributed by atoms with Crippen LogP contribution in [0.2, 0.25) is 0 Å². The fraction of sp³-hybridized carbons (Fsp3) is 0.429. The van der Waals surface area contributed by atoms with Crippen molar-refractivity contribution in [2.24, 2.45) is 0 Å². The Labute approximate surface area is 164 Å². The van der Waals surface area contributed by atoms with Crippen molar-refractivity contribution in [3.63, 3.8) is 0 Å². The van der Waals surface area contributed by atoms with Crippen molar-refractivity contribution in [2.45, 2.75) is 51.6 Å². The largest absolute Gasteiger partial charge is 0.455 e. The normalized spacial score (nSPS) is 20.1. The Balaban J connectivity index is 1.60. The van der Waals surface area contributed by atoms with E-state index < -0.39 is 0 Å². The van der Waals surface area contributed by atoms with E-state index in [1.165, 1.54) is 0 Å². The van der Waals surface area contributed by atoms with Crippen LogP contribution in [-0.4, -0.2) is 27.9 Å². The van der Waals surface area contributed by atoms with Crippen LogP contribution in [0.4, 0.5) is 11.5 Å². The van der Waals surface area contributed by atoms with Crippen LogP contribution in [0.15, 0.2) is 30.6 Å². The molecule has 7 nitrogen and oxygen atoms in total. The minimum absolute atomic E-state index is 0.0519. The molecule has 7 heteroatoms. The molecule has 28 heavy (non-hydrogen) atoms. The molecule has 1 aliphatic heterocycles. The zero-order chi connectivity index (χ0) is 19.5. The number of nitrogens with two attached hydrogens (primary N) is 1. The van der Waals surface area contributed by atoms with Gasteiger partial charge in [0.25, 0.3) is 0 Å². The third kappa shape index (κ3) is 2.53. The molecule has 5 rings (SSSR count). The molecule has 1 unspecified atom stereocenters. The van der Waals surface area contributed by atoms with Gasteiger partial charge in [-0.2, -0.15) is 0 Å². The van der Waals surface area contributed by atoms with Crippen LogP contribution in [0.3, 0.4) is 0 Å². The molecule has 0 spiro atoms. The SMILES string of the molecule is COCc1ccc(N2Cc3c(n(C4(C)CC4)c4ncnc(N)c34)OC2C)cc1. The lowest BCUT2D eigenvalue weighted by Gasteiger charge is -2.36. The lowest BCUT2D eigenvalue weighted by molar-refractivity contribution is 0.173. The maximum absolute atomic E-state index is 6.46. The van der Waals surface area contributed by atoms with E-state index >= 15 is 0 Å². The summed E-state index contributed by atoms with van der Waals surface area (Å²) in [6, 6.07) is 8.40. The first-order valence-corrected chi connectivity index (χ1v) is 9.67. The minimum Gasteiger partial charge on any atom is -0.455 e. The topological polar surface area (TPSA) is 78.4 Å². The Morgan fingerprint density at radius 2 is 2.00 bits per heavy atom. The van der Waals surface area contributed by atoms with E-state index in [-0.39, 0.29) is 11.8 Å². The van der Waals surface area contributed by atoms with Crippen molar-refractivity contribution in [2.75, 3.05) is 17.7 Å². The molecule has 1 saturated carbocycles. The minimum atomic E-state index is -0.0969. The molecule has 0 radical (unpaired) electrons. The Bertz CT molecular complexity index is 1040. The third-order valence-electron chi connectivity index (χ3n) is 5.97. The van der Waals surface area contributed by atoms with E-state index in [1.54, 1.807) is 13.4 Å². The van der Waals surface area contributed by atoms with Gasteiger partial charge in [0.2, 0.25) is 5.88 Å². The molecule has 3 aromatic rings. The fourth-order valence-corrected chi connectivity index (χ4v) is 4.14. The second kappa shape index (κ2) is 6.10. The van der Waals surface area contributed by atoms with Gasteiger partial charge in [0, 0.05) is 23.9 Å². The third-order valence-corrected chi connectivity index (χ3v) is 5.97. The molecule has 2 N–H and O–H groups in total. The number of methoxy groups -OCH3 is 1. The van der Waals surface area contributed by atoms with E-state index in [1.807, 2.05) is 0 Å². The molecular weight excluding hydrogens is 354 g/mol. The first-order chi connectivity index (χ1) is 13.5. The molecule has 1 aromatic carbocycles. The van der Waals surface area contributed by atoms with Gasteiger partial charge in [-0.25, -0.2) is 9.97 Å². The van der Waals surface area contributed by atoms with Crippen molar-refractivity contribution in [1.82, 2.24) is 14.5 Å². The van der Waals surface area contributed by atoms with Gasteiger partial charge in [0.05, 0.1) is 18.5 Å². The second-order valence-corrected chi connectivity index (χ2v) is 8.02. The highest BCUT2D eigenvalue weighted by molar-refractivity contribution is 5.93. The van der Waals surface area contributed by atoms with Crippen molar-refractivity contribution in [1.29, 1.82) is 0 Å². The molecule has 2 aliphatic rings. The van der Waals surface area contributed by atoms with E-state index in [0.29, 0.717) is 19.0 Å². The zero-order valence-electron chi connectivity index (χ0n) is 16.5. The maximum Gasteiger partial charge on any atom is 0.203 e. The molecule has 0 saturated heterocycles. The Hall–Kier alpha value is -2.80. The highest BCUT2D eigenvalue weighted by atomic mass is 16.5. The molecular formula is C21H25N5O2. The number of fused-ring (bicyclic) bond motifs is 3. The van der Waals surface area contributed by atoms with Crippen molar-refractivity contribution in [3.05, 3.63) is 41.7 Å². The lowest BCUT2D eigenvalue weighted by Crippen LogP contribution is -2.41. The van der Waals surface area contributed by atoms with Gasteiger partial charge in [-0.3, -0.25) is 4.57 Å². The Morgan fingerprint density at radius 1 is 1.25 bits per heavy atom. The van der Waals surface area contributed by atoms with Gasteiger partial charge in [0.1, 0.15) is 17.8 Å². The average Bonchev–Trinajstić information content (AvgIpc) is 3.33. The number of anilines is 2. The number of hydrogen-bond acceptors (Lipinski definition) is 6. The van der Waals surface area contributed by atoms with E-state index in [4.69, 9.17) is 15.2 Å². The summed E-state index contributed by atoms with van der Waals surface area (Å²) in [7, 11) is 1.71.